The average molecular weight is 479 g/mol. The van der Waals surface area contributed by atoms with Gasteiger partial charge in [0.25, 0.3) is 12.3 Å². The largest absolute Gasteiger partial charge is 0.317 e. The lowest BCUT2D eigenvalue weighted by Crippen LogP contribution is -2.17. The van der Waals surface area contributed by atoms with Crippen LogP contribution in [0.15, 0.2) is 16.7 Å². The van der Waals surface area contributed by atoms with Gasteiger partial charge in [-0.2, -0.15) is 5.10 Å². The number of halogens is 7. The Balaban J connectivity index is 1.79. The smallest absolute Gasteiger partial charge is 0.280 e. The second-order valence-corrected chi connectivity index (χ2v) is 7.17. The van der Waals surface area contributed by atoms with E-state index in [-0.39, 0.29) is 11.6 Å². The van der Waals surface area contributed by atoms with E-state index in [0.717, 1.165) is 23.6 Å². The number of amides is 1. The second kappa shape index (κ2) is 7.01. The molecule has 12 heteroatoms. The molecule has 0 saturated heterocycles. The minimum atomic E-state index is -2.92. The van der Waals surface area contributed by atoms with E-state index < -0.39 is 57.0 Å². The Labute approximate surface area is 166 Å². The van der Waals surface area contributed by atoms with Gasteiger partial charge in [-0.25, -0.2) is 35.8 Å². The van der Waals surface area contributed by atoms with E-state index in [1.807, 2.05) is 0 Å². The van der Waals surface area contributed by atoms with E-state index in [1.54, 1.807) is 5.32 Å². The van der Waals surface area contributed by atoms with Crippen LogP contribution in [0.1, 0.15) is 46.9 Å². The highest BCUT2D eigenvalue weighted by molar-refractivity contribution is 9.10. The predicted octanol–water partition coefficient (Wildman–Crippen LogP) is 5.12. The molecule has 1 aliphatic carbocycles. The number of carbonyl (C=O) groups is 1. The maximum atomic E-state index is 14.0. The number of nitrogens with zero attached hydrogens (tertiary/aromatic N) is 3. The van der Waals surface area contributed by atoms with E-state index in [9.17, 15) is 31.1 Å². The van der Waals surface area contributed by atoms with Crippen LogP contribution in [0.2, 0.25) is 0 Å². The zero-order chi connectivity index (χ0) is 21.0. The van der Waals surface area contributed by atoms with Crippen LogP contribution in [0.3, 0.4) is 0 Å². The molecule has 2 aromatic heterocycles. The molecule has 0 bridgehead atoms. The molecule has 152 valence electrons. The van der Waals surface area contributed by atoms with E-state index in [1.165, 1.54) is 6.07 Å². The number of anilines is 1. The monoisotopic (exact) mass is 478 g/mol. The minimum Gasteiger partial charge on any atom is -0.317 e. The summed E-state index contributed by atoms with van der Waals surface area (Å²) in [7, 11) is 0. The maximum absolute atomic E-state index is 14.0. The fraction of sp³-hybridized carbons (Fsp3) is 0.235. The quantitative estimate of drug-likeness (QED) is 0.321. The van der Waals surface area contributed by atoms with Crippen LogP contribution >= 0.6 is 15.9 Å². The molecule has 3 aromatic rings. The summed E-state index contributed by atoms with van der Waals surface area (Å²) < 4.78 is 81.8. The van der Waals surface area contributed by atoms with Gasteiger partial charge >= 0.3 is 0 Å². The van der Waals surface area contributed by atoms with Crippen molar-refractivity contribution in [2.75, 3.05) is 5.32 Å². The summed E-state index contributed by atoms with van der Waals surface area (Å²) in [6.07, 6.45) is -0.551. The van der Waals surface area contributed by atoms with Crippen LogP contribution < -0.4 is 5.32 Å². The first-order chi connectivity index (χ1) is 13.7. The van der Waals surface area contributed by atoms with Gasteiger partial charge in [0.05, 0.1) is 10.7 Å². The van der Waals surface area contributed by atoms with Crippen LogP contribution in [-0.2, 0) is 0 Å². The predicted molar refractivity (Wildman–Crippen MR) is 91.8 cm³/mol. The van der Waals surface area contributed by atoms with E-state index in [4.69, 9.17) is 0 Å². The molecule has 0 spiro atoms. The molecule has 4 rings (SSSR count). The summed E-state index contributed by atoms with van der Waals surface area (Å²) in [4.78, 5) is 16.7. The third-order valence-electron chi connectivity index (χ3n) is 4.43. The highest BCUT2D eigenvalue weighted by Gasteiger charge is 2.30. The Kier molecular flexibility index (Phi) is 4.75. The lowest BCUT2D eigenvalue weighted by Gasteiger charge is -2.10. The third-order valence-corrected chi connectivity index (χ3v) is 5.13. The van der Waals surface area contributed by atoms with Crippen molar-refractivity contribution in [1.29, 1.82) is 0 Å². The molecule has 0 atom stereocenters. The molecule has 1 aliphatic rings. The molecular formula is C17H9BrF6N4O. The Bertz CT molecular complexity index is 1130. The summed E-state index contributed by atoms with van der Waals surface area (Å²) in [5.74, 6) is -8.41. The van der Waals surface area contributed by atoms with Gasteiger partial charge < -0.3 is 5.32 Å². The second-order valence-electron chi connectivity index (χ2n) is 6.37. The summed E-state index contributed by atoms with van der Waals surface area (Å²) in [6.45, 7) is 0. The fourth-order valence-electron chi connectivity index (χ4n) is 2.81. The van der Waals surface area contributed by atoms with Crippen molar-refractivity contribution in [2.24, 2.45) is 0 Å². The van der Waals surface area contributed by atoms with Gasteiger partial charge in [0.2, 0.25) is 0 Å². The molecule has 0 unspecified atom stereocenters. The lowest BCUT2D eigenvalue weighted by molar-refractivity contribution is 0.102. The molecule has 1 amide bonds. The number of hydrogen-bond acceptors (Lipinski definition) is 3. The van der Waals surface area contributed by atoms with Crippen LogP contribution in [0.25, 0.3) is 5.65 Å². The first-order valence-electron chi connectivity index (χ1n) is 8.20. The molecule has 0 radical (unpaired) electrons. The Morgan fingerprint density at radius 3 is 2.31 bits per heavy atom. The molecule has 2 heterocycles. The number of hydrogen-bond donors (Lipinski definition) is 1. The molecular weight excluding hydrogens is 470 g/mol. The lowest BCUT2D eigenvalue weighted by atomic mass is 10.2. The zero-order valence-electron chi connectivity index (χ0n) is 14.1. The van der Waals surface area contributed by atoms with Gasteiger partial charge in [0, 0.05) is 11.6 Å². The van der Waals surface area contributed by atoms with E-state index in [2.05, 4.69) is 26.0 Å². The molecule has 0 aliphatic heterocycles. The number of nitrogens with one attached hydrogen (secondary N) is 1. The van der Waals surface area contributed by atoms with Crippen molar-refractivity contribution >= 4 is 33.2 Å². The first kappa shape index (κ1) is 19.7. The van der Waals surface area contributed by atoms with E-state index in [0.29, 0.717) is 5.69 Å². The number of benzene rings is 1. The van der Waals surface area contributed by atoms with Crippen molar-refractivity contribution in [2.45, 2.75) is 25.2 Å². The minimum absolute atomic E-state index is 0.0344. The van der Waals surface area contributed by atoms with Crippen LogP contribution in [0, 0.1) is 23.3 Å². The Morgan fingerprint density at radius 1 is 1.14 bits per heavy atom. The first-order valence-corrected chi connectivity index (χ1v) is 8.99. The van der Waals surface area contributed by atoms with Crippen molar-refractivity contribution in [3.05, 3.63) is 57.0 Å². The normalized spacial score (nSPS) is 14.1. The van der Waals surface area contributed by atoms with Gasteiger partial charge in [-0.05, 0) is 34.8 Å². The number of fused-ring (bicyclic) bond motifs is 1. The standard InChI is InChI=1S/C17H9BrF6N4O/c18-9-10(19)12(21)14(13(22)11(9)20)27-17(29)6-4-25-28-8(15(23)24)3-7(5-1-2-5)26-16(6)28/h3-5,15H,1-2H2,(H,27,29). The maximum Gasteiger partial charge on any atom is 0.280 e. The summed E-state index contributed by atoms with van der Waals surface area (Å²) in [5.41, 5.74) is -2.19. The average Bonchev–Trinajstić information content (AvgIpc) is 3.46. The molecule has 1 saturated carbocycles. The van der Waals surface area contributed by atoms with Gasteiger partial charge in [0.1, 0.15) is 16.9 Å². The van der Waals surface area contributed by atoms with Crippen LogP contribution in [-0.4, -0.2) is 20.5 Å². The highest BCUT2D eigenvalue weighted by Crippen LogP contribution is 2.40. The SMILES string of the molecule is O=C(Nc1c(F)c(F)c(Br)c(F)c1F)c1cnn2c(C(F)F)cc(C3CC3)nc12. The highest BCUT2D eigenvalue weighted by atomic mass is 79.9. The fourth-order valence-corrected chi connectivity index (χ4v) is 3.15. The number of alkyl halides is 2. The zero-order valence-corrected chi connectivity index (χ0v) is 15.7. The van der Waals surface area contributed by atoms with Crippen molar-refractivity contribution in [3.8, 4) is 0 Å². The van der Waals surface area contributed by atoms with Gasteiger partial charge in [0.15, 0.2) is 28.9 Å². The van der Waals surface area contributed by atoms with Gasteiger partial charge in [-0.15, -0.1) is 0 Å². The van der Waals surface area contributed by atoms with Crippen LogP contribution in [0.5, 0.6) is 0 Å². The summed E-state index contributed by atoms with van der Waals surface area (Å²) in [6, 6.07) is 1.18. The van der Waals surface area contributed by atoms with Gasteiger partial charge in [-0.1, -0.05) is 0 Å². The Hall–Kier alpha value is -2.63. The number of carbonyl (C=O) groups excluding carboxylic acids is 1. The topological polar surface area (TPSA) is 59.3 Å². The molecule has 1 aromatic carbocycles. The molecule has 1 N–H and O–H groups in total. The summed E-state index contributed by atoms with van der Waals surface area (Å²) >= 11 is 2.36. The molecule has 1 fully saturated rings. The van der Waals surface area contributed by atoms with Crippen molar-refractivity contribution in [3.63, 3.8) is 0 Å². The van der Waals surface area contributed by atoms with E-state index >= 15 is 0 Å². The Morgan fingerprint density at radius 2 is 1.76 bits per heavy atom. The molecule has 5 nitrogen and oxygen atoms in total. The number of aromatic nitrogens is 3. The van der Waals surface area contributed by atoms with Crippen LogP contribution in [0.4, 0.5) is 32.0 Å². The third kappa shape index (κ3) is 3.24. The molecule has 29 heavy (non-hydrogen) atoms. The van der Waals surface area contributed by atoms with Crippen molar-refractivity contribution in [1.82, 2.24) is 14.6 Å². The summed E-state index contributed by atoms with van der Waals surface area (Å²) in [5, 5.41) is 5.41. The number of rotatable bonds is 4. The van der Waals surface area contributed by atoms with Gasteiger partial charge in [-0.3, -0.25) is 4.79 Å². The van der Waals surface area contributed by atoms with Crippen molar-refractivity contribution < 1.29 is 31.1 Å².